The number of amides is 1. The molecule has 1 heterocycles. The zero-order valence-electron chi connectivity index (χ0n) is 15.6. The molecule has 0 radical (unpaired) electrons. The number of carbonyl (C=O) groups is 1. The third-order valence-electron chi connectivity index (χ3n) is 5.79. The van der Waals surface area contributed by atoms with E-state index in [2.05, 4.69) is 66.4 Å². The van der Waals surface area contributed by atoms with Gasteiger partial charge >= 0.3 is 0 Å². The SMILES string of the molecule is CCCCCC(=O)N1CCC2=C(Cc3ccccc32)C1c1ccccc1. The van der Waals surface area contributed by atoms with E-state index in [4.69, 9.17) is 0 Å². The first kappa shape index (κ1) is 17.1. The van der Waals surface area contributed by atoms with Gasteiger partial charge in [0.15, 0.2) is 0 Å². The van der Waals surface area contributed by atoms with Crippen molar-refractivity contribution in [2.75, 3.05) is 6.54 Å². The lowest BCUT2D eigenvalue weighted by Crippen LogP contribution is -2.39. The molecule has 0 bridgehead atoms. The minimum absolute atomic E-state index is 0.0986. The maximum absolute atomic E-state index is 13.0. The highest BCUT2D eigenvalue weighted by atomic mass is 16.2. The molecular weight excluding hydrogens is 318 g/mol. The summed E-state index contributed by atoms with van der Waals surface area (Å²) >= 11 is 0. The van der Waals surface area contributed by atoms with Gasteiger partial charge in [-0.25, -0.2) is 0 Å². The monoisotopic (exact) mass is 345 g/mol. The van der Waals surface area contributed by atoms with Crippen LogP contribution in [0.5, 0.6) is 0 Å². The molecule has 1 aliphatic heterocycles. The Morgan fingerprint density at radius 3 is 2.62 bits per heavy atom. The van der Waals surface area contributed by atoms with Crippen LogP contribution in [-0.2, 0) is 11.2 Å². The van der Waals surface area contributed by atoms with Gasteiger partial charge in [0.25, 0.3) is 0 Å². The van der Waals surface area contributed by atoms with E-state index < -0.39 is 0 Å². The van der Waals surface area contributed by atoms with E-state index in [1.807, 2.05) is 0 Å². The summed E-state index contributed by atoms with van der Waals surface area (Å²) in [6.07, 6.45) is 5.92. The summed E-state index contributed by atoms with van der Waals surface area (Å²) in [5.41, 5.74) is 6.98. The summed E-state index contributed by atoms with van der Waals surface area (Å²) in [5.74, 6) is 0.315. The third kappa shape index (κ3) is 3.09. The predicted molar refractivity (Wildman–Crippen MR) is 107 cm³/mol. The second kappa shape index (κ2) is 7.49. The van der Waals surface area contributed by atoms with E-state index in [9.17, 15) is 4.79 Å². The van der Waals surface area contributed by atoms with E-state index in [0.29, 0.717) is 12.3 Å². The largest absolute Gasteiger partial charge is 0.332 e. The van der Waals surface area contributed by atoms with Gasteiger partial charge < -0.3 is 4.90 Å². The van der Waals surface area contributed by atoms with Crippen LogP contribution in [0.25, 0.3) is 5.57 Å². The molecule has 2 aromatic rings. The lowest BCUT2D eigenvalue weighted by atomic mass is 9.88. The second-order valence-corrected chi connectivity index (χ2v) is 7.45. The van der Waals surface area contributed by atoms with Crippen LogP contribution in [0.1, 0.15) is 61.8 Å². The van der Waals surface area contributed by atoms with Gasteiger partial charge in [-0.05, 0) is 47.1 Å². The van der Waals surface area contributed by atoms with Crippen molar-refractivity contribution in [2.45, 2.75) is 51.5 Å². The van der Waals surface area contributed by atoms with Crippen molar-refractivity contribution in [3.8, 4) is 0 Å². The molecule has 0 N–H and O–H groups in total. The Morgan fingerprint density at radius 2 is 1.81 bits per heavy atom. The minimum atomic E-state index is 0.0986. The van der Waals surface area contributed by atoms with E-state index >= 15 is 0 Å². The second-order valence-electron chi connectivity index (χ2n) is 7.45. The van der Waals surface area contributed by atoms with Crippen molar-refractivity contribution in [1.29, 1.82) is 0 Å². The zero-order chi connectivity index (χ0) is 17.9. The lowest BCUT2D eigenvalue weighted by Gasteiger charge is -2.38. The summed E-state index contributed by atoms with van der Waals surface area (Å²) in [7, 11) is 0. The predicted octanol–water partition coefficient (Wildman–Crippen LogP) is 5.55. The summed E-state index contributed by atoms with van der Waals surface area (Å²) < 4.78 is 0. The van der Waals surface area contributed by atoms with Gasteiger partial charge in [0.1, 0.15) is 0 Å². The van der Waals surface area contributed by atoms with Crippen molar-refractivity contribution in [3.63, 3.8) is 0 Å². The fourth-order valence-corrected chi connectivity index (χ4v) is 4.52. The number of unbranched alkanes of at least 4 members (excludes halogenated alkanes) is 2. The molecule has 4 rings (SSSR count). The van der Waals surface area contributed by atoms with Crippen molar-refractivity contribution < 1.29 is 4.79 Å². The van der Waals surface area contributed by atoms with Crippen LogP contribution in [0, 0.1) is 0 Å². The number of hydrogen-bond donors (Lipinski definition) is 0. The molecule has 26 heavy (non-hydrogen) atoms. The number of carbonyl (C=O) groups excluding carboxylic acids is 1. The number of hydrogen-bond acceptors (Lipinski definition) is 1. The first-order valence-electron chi connectivity index (χ1n) is 9.94. The van der Waals surface area contributed by atoms with Gasteiger partial charge in [-0.15, -0.1) is 0 Å². The molecule has 134 valence electrons. The van der Waals surface area contributed by atoms with Gasteiger partial charge in [0, 0.05) is 13.0 Å². The maximum Gasteiger partial charge on any atom is 0.223 e. The van der Waals surface area contributed by atoms with Gasteiger partial charge in [-0.2, -0.15) is 0 Å². The van der Waals surface area contributed by atoms with Gasteiger partial charge in [0.05, 0.1) is 6.04 Å². The molecule has 1 unspecified atom stereocenters. The quantitative estimate of drug-likeness (QED) is 0.651. The van der Waals surface area contributed by atoms with E-state index in [1.54, 1.807) is 0 Å². The van der Waals surface area contributed by atoms with Crippen LogP contribution in [0.4, 0.5) is 0 Å². The normalized spacial score (nSPS) is 18.7. The average molecular weight is 345 g/mol. The highest BCUT2D eigenvalue weighted by Crippen LogP contribution is 2.46. The Kier molecular flexibility index (Phi) is 4.92. The Balaban J connectivity index is 1.69. The first-order valence-corrected chi connectivity index (χ1v) is 9.94. The average Bonchev–Trinajstić information content (AvgIpc) is 3.06. The standard InChI is InChI=1S/C24H27NO/c1-2-3-5-14-23(26)25-16-15-21-20-13-9-8-12-19(20)17-22(21)24(25)18-10-6-4-7-11-18/h4,6-13,24H,2-3,5,14-17H2,1H3. The Labute approximate surface area is 156 Å². The fourth-order valence-electron chi connectivity index (χ4n) is 4.52. The van der Waals surface area contributed by atoms with Crippen molar-refractivity contribution >= 4 is 11.5 Å². The molecule has 2 nitrogen and oxygen atoms in total. The molecule has 0 fully saturated rings. The smallest absolute Gasteiger partial charge is 0.223 e. The fraction of sp³-hybridized carbons (Fsp3) is 0.375. The molecule has 1 amide bonds. The number of benzene rings is 2. The molecular formula is C24H27NO. The summed E-state index contributed by atoms with van der Waals surface area (Å²) in [5, 5.41) is 0. The van der Waals surface area contributed by atoms with Crippen molar-refractivity contribution in [2.24, 2.45) is 0 Å². The molecule has 0 saturated carbocycles. The molecule has 0 saturated heterocycles. The number of rotatable bonds is 5. The molecule has 1 aliphatic carbocycles. The maximum atomic E-state index is 13.0. The summed E-state index contributed by atoms with van der Waals surface area (Å²) in [6.45, 7) is 3.02. The Hall–Kier alpha value is -2.35. The van der Waals surface area contributed by atoms with Crippen LogP contribution in [-0.4, -0.2) is 17.4 Å². The van der Waals surface area contributed by atoms with Gasteiger partial charge in [0.2, 0.25) is 5.91 Å². The molecule has 2 heteroatoms. The van der Waals surface area contributed by atoms with E-state index in [1.165, 1.54) is 27.8 Å². The molecule has 0 spiro atoms. The van der Waals surface area contributed by atoms with E-state index in [0.717, 1.165) is 38.6 Å². The van der Waals surface area contributed by atoms with Gasteiger partial charge in [-0.3, -0.25) is 4.79 Å². The third-order valence-corrected chi connectivity index (χ3v) is 5.79. The Bertz CT molecular complexity index is 821. The Morgan fingerprint density at radius 1 is 1.04 bits per heavy atom. The summed E-state index contributed by atoms with van der Waals surface area (Å²) in [4.78, 5) is 15.2. The number of nitrogens with zero attached hydrogens (tertiary/aromatic N) is 1. The van der Waals surface area contributed by atoms with Gasteiger partial charge in [-0.1, -0.05) is 74.4 Å². The summed E-state index contributed by atoms with van der Waals surface area (Å²) in [6, 6.07) is 19.4. The van der Waals surface area contributed by atoms with Crippen molar-refractivity contribution in [3.05, 3.63) is 76.9 Å². The molecule has 2 aliphatic rings. The van der Waals surface area contributed by atoms with Crippen LogP contribution in [0.15, 0.2) is 60.2 Å². The number of fused-ring (bicyclic) bond motifs is 2. The highest BCUT2D eigenvalue weighted by molar-refractivity contribution is 5.83. The molecule has 1 atom stereocenters. The van der Waals surface area contributed by atoms with Crippen LogP contribution in [0.2, 0.25) is 0 Å². The zero-order valence-corrected chi connectivity index (χ0v) is 15.6. The van der Waals surface area contributed by atoms with Crippen LogP contribution in [0.3, 0.4) is 0 Å². The lowest BCUT2D eigenvalue weighted by molar-refractivity contribution is -0.133. The topological polar surface area (TPSA) is 20.3 Å². The molecule has 2 aromatic carbocycles. The van der Waals surface area contributed by atoms with Crippen molar-refractivity contribution in [1.82, 2.24) is 4.90 Å². The van der Waals surface area contributed by atoms with Crippen LogP contribution >= 0.6 is 0 Å². The molecule has 0 aromatic heterocycles. The highest BCUT2D eigenvalue weighted by Gasteiger charge is 2.37. The van der Waals surface area contributed by atoms with Crippen LogP contribution < -0.4 is 0 Å². The first-order chi connectivity index (χ1) is 12.8. The minimum Gasteiger partial charge on any atom is -0.332 e. The van der Waals surface area contributed by atoms with E-state index in [-0.39, 0.29) is 6.04 Å².